The first-order chi connectivity index (χ1) is 10.3. The van der Waals surface area contributed by atoms with Gasteiger partial charge >= 0.3 is 0 Å². The highest BCUT2D eigenvalue weighted by Gasteiger charge is 2.34. The highest BCUT2D eigenvalue weighted by molar-refractivity contribution is 5.38. The second-order valence-corrected chi connectivity index (χ2v) is 6.72. The minimum Gasteiger partial charge on any atom is -0.492 e. The number of nitrogens with zero attached hydrogens (tertiary/aromatic N) is 2. The first-order valence-electron chi connectivity index (χ1n) is 8.25. The Morgan fingerprint density at radius 2 is 1.86 bits per heavy atom. The number of hydrogen-bond acceptors (Lipinski definition) is 4. The highest BCUT2D eigenvalue weighted by Crippen LogP contribution is 2.33. The summed E-state index contributed by atoms with van der Waals surface area (Å²) in [5.74, 6) is 1.96. The summed E-state index contributed by atoms with van der Waals surface area (Å²) < 4.78 is 5.93. The third-order valence-electron chi connectivity index (χ3n) is 5.19. The second kappa shape index (κ2) is 5.59. The van der Waals surface area contributed by atoms with Crippen LogP contribution in [-0.4, -0.2) is 55.2 Å². The summed E-state index contributed by atoms with van der Waals surface area (Å²) in [5.41, 5.74) is 7.67. The molecule has 0 radical (unpaired) electrons. The lowest BCUT2D eigenvalue weighted by molar-refractivity contribution is 0.0482. The maximum atomic E-state index is 6.51. The van der Waals surface area contributed by atoms with Gasteiger partial charge in [0.05, 0.1) is 12.1 Å². The summed E-state index contributed by atoms with van der Waals surface area (Å²) in [6.45, 7) is 6.64. The molecule has 2 heterocycles. The summed E-state index contributed by atoms with van der Waals surface area (Å²) in [4.78, 5) is 5.15. The summed E-state index contributed by atoms with van der Waals surface area (Å²) in [6.07, 6.45) is 2.89. The van der Waals surface area contributed by atoms with Crippen molar-refractivity contribution in [1.82, 2.24) is 9.80 Å². The average Bonchev–Trinajstić information content (AvgIpc) is 3.33. The molecular formula is C17H25N3O. The molecule has 2 unspecified atom stereocenters. The lowest BCUT2D eigenvalue weighted by Crippen LogP contribution is -2.56. The number of hydrogen-bond donors (Lipinski definition) is 1. The van der Waals surface area contributed by atoms with Crippen LogP contribution >= 0.6 is 0 Å². The molecule has 4 heteroatoms. The lowest BCUT2D eigenvalue weighted by atomic mass is 9.95. The van der Waals surface area contributed by atoms with E-state index in [0.29, 0.717) is 6.04 Å². The number of ether oxygens (including phenoxy) is 1. The third kappa shape index (κ3) is 2.80. The average molecular weight is 287 g/mol. The molecule has 1 saturated heterocycles. The molecule has 0 amide bonds. The zero-order valence-corrected chi connectivity index (χ0v) is 12.6. The SMILES string of the molecule is NC1c2ccccc2OCC1N1CCN(CC2CC2)CC1. The van der Waals surface area contributed by atoms with Gasteiger partial charge in [0.1, 0.15) is 12.4 Å². The van der Waals surface area contributed by atoms with Crippen LogP contribution in [0.2, 0.25) is 0 Å². The maximum absolute atomic E-state index is 6.51. The molecule has 2 N–H and O–H groups in total. The molecule has 21 heavy (non-hydrogen) atoms. The smallest absolute Gasteiger partial charge is 0.124 e. The molecule has 4 rings (SSSR count). The van der Waals surface area contributed by atoms with Crippen molar-refractivity contribution in [3.05, 3.63) is 29.8 Å². The Labute approximate surface area is 126 Å². The number of fused-ring (bicyclic) bond motifs is 1. The van der Waals surface area contributed by atoms with Crippen molar-refractivity contribution in [1.29, 1.82) is 0 Å². The van der Waals surface area contributed by atoms with Crippen molar-refractivity contribution in [2.24, 2.45) is 11.7 Å². The van der Waals surface area contributed by atoms with Gasteiger partial charge in [0.15, 0.2) is 0 Å². The van der Waals surface area contributed by atoms with Gasteiger partial charge < -0.3 is 15.4 Å². The van der Waals surface area contributed by atoms with Gasteiger partial charge in [-0.15, -0.1) is 0 Å². The summed E-state index contributed by atoms with van der Waals surface area (Å²) >= 11 is 0. The summed E-state index contributed by atoms with van der Waals surface area (Å²) in [6, 6.07) is 8.60. The van der Waals surface area contributed by atoms with Gasteiger partial charge in [0, 0.05) is 38.3 Å². The van der Waals surface area contributed by atoms with Gasteiger partial charge in [-0.2, -0.15) is 0 Å². The molecule has 0 bridgehead atoms. The van der Waals surface area contributed by atoms with E-state index in [1.807, 2.05) is 12.1 Å². The summed E-state index contributed by atoms with van der Waals surface area (Å²) in [7, 11) is 0. The molecule has 1 aliphatic carbocycles. The normalized spacial score (nSPS) is 30.7. The van der Waals surface area contributed by atoms with E-state index in [0.717, 1.165) is 36.9 Å². The minimum absolute atomic E-state index is 0.0740. The Hall–Kier alpha value is -1.10. The standard InChI is InChI=1S/C17H25N3O/c18-17-14-3-1-2-4-16(14)21-12-15(17)20-9-7-19(8-10-20)11-13-5-6-13/h1-4,13,15,17H,5-12,18H2. The van der Waals surface area contributed by atoms with E-state index in [2.05, 4.69) is 21.9 Å². The van der Waals surface area contributed by atoms with Crippen molar-refractivity contribution in [3.8, 4) is 5.75 Å². The summed E-state index contributed by atoms with van der Waals surface area (Å²) in [5, 5.41) is 0. The van der Waals surface area contributed by atoms with Gasteiger partial charge in [0.2, 0.25) is 0 Å². The van der Waals surface area contributed by atoms with E-state index in [1.54, 1.807) is 0 Å². The third-order valence-corrected chi connectivity index (χ3v) is 5.19. The van der Waals surface area contributed by atoms with Crippen LogP contribution in [0.5, 0.6) is 5.75 Å². The van der Waals surface area contributed by atoms with E-state index in [4.69, 9.17) is 10.5 Å². The first kappa shape index (κ1) is 13.6. The maximum Gasteiger partial charge on any atom is 0.124 e. The molecule has 2 aliphatic heterocycles. The van der Waals surface area contributed by atoms with Crippen LogP contribution in [0.15, 0.2) is 24.3 Å². The molecule has 2 atom stereocenters. The highest BCUT2D eigenvalue weighted by atomic mass is 16.5. The number of benzene rings is 1. The fourth-order valence-electron chi connectivity index (χ4n) is 3.65. The fourth-order valence-corrected chi connectivity index (χ4v) is 3.65. The van der Waals surface area contributed by atoms with Crippen molar-refractivity contribution in [2.75, 3.05) is 39.3 Å². The molecule has 0 aromatic heterocycles. The van der Waals surface area contributed by atoms with Crippen molar-refractivity contribution in [2.45, 2.75) is 24.9 Å². The van der Waals surface area contributed by atoms with E-state index in [1.165, 1.54) is 32.5 Å². The predicted octanol–water partition coefficient (Wildman–Crippen LogP) is 1.47. The van der Waals surface area contributed by atoms with Gasteiger partial charge in [-0.3, -0.25) is 4.90 Å². The first-order valence-corrected chi connectivity index (χ1v) is 8.25. The Balaban J connectivity index is 1.39. The molecule has 4 nitrogen and oxygen atoms in total. The van der Waals surface area contributed by atoms with Crippen molar-refractivity contribution >= 4 is 0 Å². The monoisotopic (exact) mass is 287 g/mol. The zero-order valence-electron chi connectivity index (χ0n) is 12.6. The van der Waals surface area contributed by atoms with Crippen LogP contribution < -0.4 is 10.5 Å². The van der Waals surface area contributed by atoms with Crippen LogP contribution in [-0.2, 0) is 0 Å². The van der Waals surface area contributed by atoms with Crippen molar-refractivity contribution in [3.63, 3.8) is 0 Å². The van der Waals surface area contributed by atoms with E-state index < -0.39 is 0 Å². The quantitative estimate of drug-likeness (QED) is 0.914. The molecule has 3 aliphatic rings. The Bertz CT molecular complexity index is 495. The molecule has 0 spiro atoms. The van der Waals surface area contributed by atoms with E-state index >= 15 is 0 Å². The minimum atomic E-state index is 0.0740. The van der Waals surface area contributed by atoms with Gasteiger partial charge in [-0.1, -0.05) is 18.2 Å². The van der Waals surface area contributed by atoms with Crippen LogP contribution in [0.25, 0.3) is 0 Å². The Kier molecular flexibility index (Phi) is 3.61. The topological polar surface area (TPSA) is 41.7 Å². The van der Waals surface area contributed by atoms with Crippen molar-refractivity contribution < 1.29 is 4.74 Å². The Morgan fingerprint density at radius 3 is 2.62 bits per heavy atom. The largest absolute Gasteiger partial charge is 0.492 e. The lowest BCUT2D eigenvalue weighted by Gasteiger charge is -2.43. The van der Waals surface area contributed by atoms with Gasteiger partial charge in [0.25, 0.3) is 0 Å². The fraction of sp³-hybridized carbons (Fsp3) is 0.647. The Morgan fingerprint density at radius 1 is 1.10 bits per heavy atom. The molecule has 1 saturated carbocycles. The number of para-hydroxylation sites is 1. The van der Waals surface area contributed by atoms with E-state index in [9.17, 15) is 0 Å². The van der Waals surface area contributed by atoms with Crippen LogP contribution in [0.3, 0.4) is 0 Å². The molecule has 1 aromatic rings. The van der Waals surface area contributed by atoms with E-state index in [-0.39, 0.29) is 6.04 Å². The number of rotatable bonds is 3. The van der Waals surface area contributed by atoms with Crippen LogP contribution in [0, 0.1) is 5.92 Å². The van der Waals surface area contributed by atoms with Gasteiger partial charge in [-0.05, 0) is 24.8 Å². The molecular weight excluding hydrogens is 262 g/mol. The molecule has 1 aromatic carbocycles. The number of piperazine rings is 1. The molecule has 114 valence electrons. The zero-order chi connectivity index (χ0) is 14.2. The second-order valence-electron chi connectivity index (χ2n) is 6.72. The van der Waals surface area contributed by atoms with Crippen LogP contribution in [0.4, 0.5) is 0 Å². The number of nitrogens with two attached hydrogens (primary N) is 1. The van der Waals surface area contributed by atoms with Gasteiger partial charge in [-0.25, -0.2) is 0 Å². The molecule has 2 fully saturated rings. The predicted molar refractivity (Wildman–Crippen MR) is 83.4 cm³/mol. The van der Waals surface area contributed by atoms with Crippen LogP contribution in [0.1, 0.15) is 24.4 Å².